The van der Waals surface area contributed by atoms with Gasteiger partial charge in [0.15, 0.2) is 0 Å². The molecule has 4 heteroatoms. The van der Waals surface area contributed by atoms with Gasteiger partial charge >= 0.3 is 5.97 Å². The minimum atomic E-state index is -0.897. The Balaban J connectivity index is 2.45. The second-order valence-electron chi connectivity index (χ2n) is 4.18. The number of hydrogen-bond donors (Lipinski definition) is 1. The Labute approximate surface area is 94.3 Å². The lowest BCUT2D eigenvalue weighted by molar-refractivity contribution is 0.0694. The fourth-order valence-electron chi connectivity index (χ4n) is 1.81. The number of carboxylic acid groups (broad SMARTS) is 1. The predicted octanol–water partition coefficient (Wildman–Crippen LogP) is 2.11. The smallest absolute Gasteiger partial charge is 0.337 e. The first kappa shape index (κ1) is 11.1. The van der Waals surface area contributed by atoms with E-state index in [2.05, 4.69) is 4.98 Å². The highest BCUT2D eigenvalue weighted by atomic mass is 16.5. The molecular formula is C12H15NO3. The third-order valence-corrected chi connectivity index (χ3v) is 2.84. The van der Waals surface area contributed by atoms with Crippen molar-refractivity contribution in [2.24, 2.45) is 0 Å². The maximum absolute atomic E-state index is 11.1. The third kappa shape index (κ3) is 2.07. The van der Waals surface area contributed by atoms with Gasteiger partial charge in [-0.25, -0.2) is 4.79 Å². The van der Waals surface area contributed by atoms with Crippen LogP contribution in [0.1, 0.15) is 46.1 Å². The number of aromatic carboxylic acids is 1. The van der Waals surface area contributed by atoms with Crippen LogP contribution in [-0.4, -0.2) is 23.2 Å². The maximum atomic E-state index is 11.1. The van der Waals surface area contributed by atoms with E-state index in [1.165, 1.54) is 0 Å². The zero-order valence-electron chi connectivity index (χ0n) is 9.49. The molecule has 1 aliphatic carbocycles. The molecule has 0 aliphatic heterocycles. The molecule has 0 saturated heterocycles. The minimum Gasteiger partial charge on any atom is -0.478 e. The number of pyridine rings is 1. The summed E-state index contributed by atoms with van der Waals surface area (Å²) in [7, 11) is 1.59. The SMILES string of the molecule is COCc1cc(C(=O)O)c(C2CC2)nc1C. The van der Waals surface area contributed by atoms with Gasteiger partial charge in [-0.2, -0.15) is 0 Å². The van der Waals surface area contributed by atoms with Crippen LogP contribution < -0.4 is 0 Å². The fourth-order valence-corrected chi connectivity index (χ4v) is 1.81. The summed E-state index contributed by atoms with van der Waals surface area (Å²) in [4.78, 5) is 15.6. The van der Waals surface area contributed by atoms with Gasteiger partial charge in [-0.3, -0.25) is 4.98 Å². The molecule has 0 spiro atoms. The second kappa shape index (κ2) is 4.22. The maximum Gasteiger partial charge on any atom is 0.337 e. The standard InChI is InChI=1S/C12H15NO3/c1-7-9(6-16-2)5-10(12(14)15)11(13-7)8-3-4-8/h5,8H,3-4,6H2,1-2H3,(H,14,15). The van der Waals surface area contributed by atoms with Crippen LogP contribution in [0, 0.1) is 6.92 Å². The van der Waals surface area contributed by atoms with Gasteiger partial charge in [0.1, 0.15) is 0 Å². The Morgan fingerprint density at radius 2 is 2.31 bits per heavy atom. The first-order valence-electron chi connectivity index (χ1n) is 5.36. The van der Waals surface area contributed by atoms with Crippen molar-refractivity contribution in [1.29, 1.82) is 0 Å². The van der Waals surface area contributed by atoms with Crippen LogP contribution in [0.4, 0.5) is 0 Å². The minimum absolute atomic E-state index is 0.333. The third-order valence-electron chi connectivity index (χ3n) is 2.84. The summed E-state index contributed by atoms with van der Waals surface area (Å²) >= 11 is 0. The quantitative estimate of drug-likeness (QED) is 0.845. The van der Waals surface area contributed by atoms with Gasteiger partial charge < -0.3 is 9.84 Å². The van der Waals surface area contributed by atoms with E-state index in [0.717, 1.165) is 29.8 Å². The highest BCUT2D eigenvalue weighted by Gasteiger charge is 2.30. The summed E-state index contributed by atoms with van der Waals surface area (Å²) in [5.74, 6) is -0.548. The van der Waals surface area contributed by atoms with Crippen LogP contribution in [0.25, 0.3) is 0 Å². The average molecular weight is 221 g/mol. The molecule has 0 unspecified atom stereocenters. The molecule has 2 rings (SSSR count). The van der Waals surface area contributed by atoms with Gasteiger partial charge in [-0.1, -0.05) is 0 Å². The zero-order valence-corrected chi connectivity index (χ0v) is 9.49. The predicted molar refractivity (Wildman–Crippen MR) is 58.6 cm³/mol. The van der Waals surface area contributed by atoms with Crippen molar-refractivity contribution < 1.29 is 14.6 Å². The van der Waals surface area contributed by atoms with E-state index in [1.807, 2.05) is 6.92 Å². The lowest BCUT2D eigenvalue weighted by Gasteiger charge is -2.10. The molecule has 0 amide bonds. The van der Waals surface area contributed by atoms with Crippen molar-refractivity contribution >= 4 is 5.97 Å². The Morgan fingerprint density at radius 1 is 1.62 bits per heavy atom. The summed E-state index contributed by atoms with van der Waals surface area (Å²) in [6.07, 6.45) is 2.10. The van der Waals surface area contributed by atoms with Crippen molar-refractivity contribution in [3.8, 4) is 0 Å². The molecule has 1 heterocycles. The van der Waals surface area contributed by atoms with Gasteiger partial charge in [-0.05, 0) is 31.4 Å². The number of aryl methyl sites for hydroxylation is 1. The van der Waals surface area contributed by atoms with Gasteiger partial charge in [-0.15, -0.1) is 0 Å². The van der Waals surface area contributed by atoms with Crippen molar-refractivity contribution in [3.63, 3.8) is 0 Å². The van der Waals surface area contributed by atoms with Gasteiger partial charge in [0, 0.05) is 18.7 Å². The van der Waals surface area contributed by atoms with Crippen LogP contribution >= 0.6 is 0 Å². The molecule has 16 heavy (non-hydrogen) atoms. The van der Waals surface area contributed by atoms with E-state index in [0.29, 0.717) is 18.1 Å². The first-order valence-corrected chi connectivity index (χ1v) is 5.36. The van der Waals surface area contributed by atoms with Crippen molar-refractivity contribution in [3.05, 3.63) is 28.6 Å². The van der Waals surface area contributed by atoms with E-state index in [9.17, 15) is 4.79 Å². The molecule has 1 fully saturated rings. The molecule has 1 aliphatic rings. The van der Waals surface area contributed by atoms with E-state index in [4.69, 9.17) is 9.84 Å². The van der Waals surface area contributed by atoms with Gasteiger partial charge in [0.05, 0.1) is 17.9 Å². The molecule has 86 valence electrons. The Bertz CT molecular complexity index is 425. The van der Waals surface area contributed by atoms with Crippen molar-refractivity contribution in [2.45, 2.75) is 32.3 Å². The number of hydrogen-bond acceptors (Lipinski definition) is 3. The monoisotopic (exact) mass is 221 g/mol. The average Bonchev–Trinajstić information content (AvgIpc) is 3.04. The number of rotatable bonds is 4. The summed E-state index contributed by atoms with van der Waals surface area (Å²) in [5.41, 5.74) is 2.79. The molecule has 0 bridgehead atoms. The summed E-state index contributed by atoms with van der Waals surface area (Å²) in [6.45, 7) is 2.30. The highest BCUT2D eigenvalue weighted by molar-refractivity contribution is 5.89. The van der Waals surface area contributed by atoms with E-state index in [1.54, 1.807) is 13.2 Å². The van der Waals surface area contributed by atoms with Crippen LogP contribution in [0.2, 0.25) is 0 Å². The molecule has 0 aromatic carbocycles. The second-order valence-corrected chi connectivity index (χ2v) is 4.18. The van der Waals surface area contributed by atoms with Crippen molar-refractivity contribution in [2.75, 3.05) is 7.11 Å². The first-order chi connectivity index (χ1) is 7.63. The number of methoxy groups -OCH3 is 1. The molecule has 1 N–H and O–H groups in total. The number of carboxylic acids is 1. The van der Waals surface area contributed by atoms with Crippen LogP contribution in [-0.2, 0) is 11.3 Å². The number of ether oxygens (including phenoxy) is 1. The number of nitrogens with zero attached hydrogens (tertiary/aromatic N) is 1. The molecule has 1 aromatic rings. The number of carbonyl (C=O) groups is 1. The van der Waals surface area contributed by atoms with Crippen LogP contribution in [0.5, 0.6) is 0 Å². The normalized spacial score (nSPS) is 15.1. The van der Waals surface area contributed by atoms with Crippen LogP contribution in [0.15, 0.2) is 6.07 Å². The Kier molecular flexibility index (Phi) is 2.92. The topological polar surface area (TPSA) is 59.4 Å². The summed E-state index contributed by atoms with van der Waals surface area (Å²) in [6, 6.07) is 1.70. The van der Waals surface area contributed by atoms with Gasteiger partial charge in [0.25, 0.3) is 0 Å². The molecule has 1 saturated carbocycles. The largest absolute Gasteiger partial charge is 0.478 e. The molecule has 0 atom stereocenters. The fraction of sp³-hybridized carbons (Fsp3) is 0.500. The van der Waals surface area contributed by atoms with E-state index >= 15 is 0 Å². The lowest BCUT2D eigenvalue weighted by Crippen LogP contribution is -2.08. The van der Waals surface area contributed by atoms with Crippen LogP contribution in [0.3, 0.4) is 0 Å². The molecular weight excluding hydrogens is 206 g/mol. The van der Waals surface area contributed by atoms with E-state index < -0.39 is 5.97 Å². The highest BCUT2D eigenvalue weighted by Crippen LogP contribution is 2.41. The number of aromatic nitrogens is 1. The molecule has 4 nitrogen and oxygen atoms in total. The van der Waals surface area contributed by atoms with Gasteiger partial charge in [0.2, 0.25) is 0 Å². The summed E-state index contributed by atoms with van der Waals surface area (Å²) < 4.78 is 5.03. The Morgan fingerprint density at radius 3 is 2.81 bits per heavy atom. The molecule has 1 aromatic heterocycles. The summed E-state index contributed by atoms with van der Waals surface area (Å²) in [5, 5.41) is 9.15. The zero-order chi connectivity index (χ0) is 11.7. The van der Waals surface area contributed by atoms with E-state index in [-0.39, 0.29) is 0 Å². The Hall–Kier alpha value is -1.42. The van der Waals surface area contributed by atoms with Crippen molar-refractivity contribution in [1.82, 2.24) is 4.98 Å². The lowest BCUT2D eigenvalue weighted by atomic mass is 10.1. The molecule has 0 radical (unpaired) electrons.